The van der Waals surface area contributed by atoms with Gasteiger partial charge in [0.25, 0.3) is 0 Å². The van der Waals surface area contributed by atoms with Gasteiger partial charge in [-0.2, -0.15) is 0 Å². The summed E-state index contributed by atoms with van der Waals surface area (Å²) >= 11 is 0. The highest BCUT2D eigenvalue weighted by molar-refractivity contribution is 4.66. The van der Waals surface area contributed by atoms with E-state index in [1.807, 2.05) is 0 Å². The summed E-state index contributed by atoms with van der Waals surface area (Å²) < 4.78 is 0. The first-order valence-corrected chi connectivity index (χ1v) is 5.13. The van der Waals surface area contributed by atoms with Crippen LogP contribution >= 0.6 is 0 Å². The van der Waals surface area contributed by atoms with Crippen LogP contribution in [0.2, 0.25) is 0 Å². The largest absolute Gasteiger partial charge is 0.315 e. The van der Waals surface area contributed by atoms with E-state index in [9.17, 15) is 0 Å². The van der Waals surface area contributed by atoms with Gasteiger partial charge in [0.2, 0.25) is 0 Å². The van der Waals surface area contributed by atoms with Crippen LogP contribution in [0.15, 0.2) is 0 Å². The summed E-state index contributed by atoms with van der Waals surface area (Å²) in [5.74, 6) is 0. The predicted octanol–water partition coefficient (Wildman–Crippen LogP) is 1.76. The molecule has 2 nitrogen and oxygen atoms in total. The summed E-state index contributed by atoms with van der Waals surface area (Å²) in [5, 5.41) is 6.89. The molecule has 0 fully saturated rings. The second-order valence-corrected chi connectivity index (χ2v) is 3.78. The summed E-state index contributed by atoms with van der Waals surface area (Å²) in [6.07, 6.45) is 2.56. The van der Waals surface area contributed by atoms with Gasteiger partial charge in [0.05, 0.1) is 0 Å². The molecule has 0 spiro atoms. The lowest BCUT2D eigenvalue weighted by molar-refractivity contribution is 0.458. The van der Waals surface area contributed by atoms with Crippen LogP contribution in [0.1, 0.15) is 40.5 Å². The zero-order valence-electron chi connectivity index (χ0n) is 8.98. The van der Waals surface area contributed by atoms with Gasteiger partial charge in [0.15, 0.2) is 0 Å². The fourth-order valence-electron chi connectivity index (χ4n) is 1.25. The summed E-state index contributed by atoms with van der Waals surface area (Å²) in [6.45, 7) is 11.0. The smallest absolute Gasteiger partial charge is 0.0166 e. The molecule has 2 N–H and O–H groups in total. The molecule has 0 amide bonds. The average Bonchev–Trinajstić information content (AvgIpc) is 1.97. The quantitative estimate of drug-likeness (QED) is 0.572. The molecule has 0 aliphatic heterocycles. The van der Waals surface area contributed by atoms with Gasteiger partial charge in [-0.25, -0.2) is 0 Å². The molecule has 0 rings (SSSR count). The van der Waals surface area contributed by atoms with Crippen molar-refractivity contribution < 1.29 is 0 Å². The van der Waals surface area contributed by atoms with Crippen molar-refractivity contribution in [2.45, 2.75) is 52.6 Å². The fourth-order valence-corrected chi connectivity index (χ4v) is 1.25. The average molecular weight is 172 g/mol. The topological polar surface area (TPSA) is 24.1 Å². The van der Waals surface area contributed by atoms with E-state index in [0.29, 0.717) is 12.1 Å². The molecule has 12 heavy (non-hydrogen) atoms. The molecule has 0 aromatic heterocycles. The van der Waals surface area contributed by atoms with Gasteiger partial charge >= 0.3 is 0 Å². The van der Waals surface area contributed by atoms with Gasteiger partial charge in [-0.3, -0.25) is 0 Å². The lowest BCUT2D eigenvalue weighted by Gasteiger charge is -2.17. The van der Waals surface area contributed by atoms with Crippen LogP contribution < -0.4 is 10.6 Å². The maximum absolute atomic E-state index is 3.46. The molecule has 74 valence electrons. The first-order chi connectivity index (χ1) is 5.66. The Balaban J connectivity index is 3.14. The highest BCUT2D eigenvalue weighted by Crippen LogP contribution is 1.86. The molecule has 0 aromatic rings. The van der Waals surface area contributed by atoms with Gasteiger partial charge in [0.1, 0.15) is 0 Å². The first-order valence-electron chi connectivity index (χ1n) is 5.13. The van der Waals surface area contributed by atoms with Gasteiger partial charge in [-0.1, -0.05) is 27.2 Å². The van der Waals surface area contributed by atoms with Crippen molar-refractivity contribution in [3.8, 4) is 0 Å². The molecule has 0 heterocycles. The summed E-state index contributed by atoms with van der Waals surface area (Å²) in [5.41, 5.74) is 0. The van der Waals surface area contributed by atoms with Gasteiger partial charge in [0, 0.05) is 18.6 Å². The molecule has 0 aliphatic carbocycles. The third-order valence-corrected chi connectivity index (χ3v) is 1.78. The maximum atomic E-state index is 3.46. The van der Waals surface area contributed by atoms with E-state index in [1.165, 1.54) is 12.8 Å². The number of hydrogen-bond acceptors (Lipinski definition) is 2. The second kappa shape index (κ2) is 7.56. The van der Waals surface area contributed by atoms with E-state index >= 15 is 0 Å². The monoisotopic (exact) mass is 172 g/mol. The summed E-state index contributed by atoms with van der Waals surface area (Å²) in [7, 11) is 0. The number of nitrogens with one attached hydrogen (secondary N) is 2. The number of hydrogen-bond donors (Lipinski definition) is 2. The maximum Gasteiger partial charge on any atom is 0.0166 e. The Labute approximate surface area is 77.1 Å². The third-order valence-electron chi connectivity index (χ3n) is 1.78. The third kappa shape index (κ3) is 8.02. The van der Waals surface area contributed by atoms with Gasteiger partial charge < -0.3 is 10.6 Å². The minimum Gasteiger partial charge on any atom is -0.315 e. The van der Waals surface area contributed by atoms with Crippen molar-refractivity contribution in [2.24, 2.45) is 0 Å². The SMILES string of the molecule is CCCCNCC(C)NC(C)C. The summed E-state index contributed by atoms with van der Waals surface area (Å²) in [6, 6.07) is 1.18. The second-order valence-electron chi connectivity index (χ2n) is 3.78. The Morgan fingerprint density at radius 3 is 2.33 bits per heavy atom. The van der Waals surface area contributed by atoms with Crippen molar-refractivity contribution in [2.75, 3.05) is 13.1 Å². The normalized spacial score (nSPS) is 13.8. The van der Waals surface area contributed by atoms with Crippen LogP contribution in [0.3, 0.4) is 0 Å². The van der Waals surface area contributed by atoms with E-state index in [0.717, 1.165) is 13.1 Å². The molecule has 0 aliphatic rings. The zero-order valence-corrected chi connectivity index (χ0v) is 8.98. The highest BCUT2D eigenvalue weighted by Gasteiger charge is 2.01. The molecule has 1 atom stereocenters. The van der Waals surface area contributed by atoms with Crippen molar-refractivity contribution in [1.29, 1.82) is 0 Å². The Bertz CT molecular complexity index is 91.8. The van der Waals surface area contributed by atoms with E-state index < -0.39 is 0 Å². The van der Waals surface area contributed by atoms with Crippen molar-refractivity contribution >= 4 is 0 Å². The van der Waals surface area contributed by atoms with E-state index in [-0.39, 0.29) is 0 Å². The van der Waals surface area contributed by atoms with Crippen LogP contribution in [0.4, 0.5) is 0 Å². The summed E-state index contributed by atoms with van der Waals surface area (Å²) in [4.78, 5) is 0. The van der Waals surface area contributed by atoms with Crippen LogP contribution in [-0.2, 0) is 0 Å². The van der Waals surface area contributed by atoms with E-state index in [2.05, 4.69) is 38.3 Å². The lowest BCUT2D eigenvalue weighted by Crippen LogP contribution is -2.40. The first kappa shape index (κ1) is 11.9. The zero-order chi connectivity index (χ0) is 9.40. The number of rotatable bonds is 7. The molecule has 1 unspecified atom stereocenters. The van der Waals surface area contributed by atoms with Gasteiger partial charge in [-0.05, 0) is 19.9 Å². The van der Waals surface area contributed by atoms with E-state index in [4.69, 9.17) is 0 Å². The molecule has 0 saturated carbocycles. The van der Waals surface area contributed by atoms with Crippen LogP contribution in [0.5, 0.6) is 0 Å². The highest BCUT2D eigenvalue weighted by atomic mass is 15.0. The van der Waals surface area contributed by atoms with Crippen LogP contribution in [0, 0.1) is 0 Å². The van der Waals surface area contributed by atoms with Crippen LogP contribution in [0.25, 0.3) is 0 Å². The minimum absolute atomic E-state index is 0.585. The van der Waals surface area contributed by atoms with Crippen molar-refractivity contribution in [1.82, 2.24) is 10.6 Å². The molecule has 0 aromatic carbocycles. The van der Waals surface area contributed by atoms with Crippen molar-refractivity contribution in [3.05, 3.63) is 0 Å². The molecular weight excluding hydrogens is 148 g/mol. The minimum atomic E-state index is 0.585. The Morgan fingerprint density at radius 1 is 1.17 bits per heavy atom. The standard InChI is InChI=1S/C10H24N2/c1-5-6-7-11-8-10(4)12-9(2)3/h9-12H,5-8H2,1-4H3. The molecule has 0 bridgehead atoms. The lowest BCUT2D eigenvalue weighted by atomic mass is 10.2. The van der Waals surface area contributed by atoms with Crippen LogP contribution in [-0.4, -0.2) is 25.2 Å². The van der Waals surface area contributed by atoms with E-state index in [1.54, 1.807) is 0 Å². The Morgan fingerprint density at radius 2 is 1.83 bits per heavy atom. The number of unbranched alkanes of at least 4 members (excludes halogenated alkanes) is 1. The molecule has 2 heteroatoms. The fraction of sp³-hybridized carbons (Fsp3) is 1.00. The molecule has 0 saturated heterocycles. The Hall–Kier alpha value is -0.0800. The van der Waals surface area contributed by atoms with Gasteiger partial charge in [-0.15, -0.1) is 0 Å². The molecular formula is C10H24N2. The van der Waals surface area contributed by atoms with Crippen molar-refractivity contribution in [3.63, 3.8) is 0 Å². The Kier molecular flexibility index (Phi) is 7.51. The molecule has 0 radical (unpaired) electrons. The predicted molar refractivity (Wildman–Crippen MR) is 55.5 cm³/mol.